The molecule has 0 amide bonds. The van der Waals surface area contributed by atoms with Gasteiger partial charge in [-0.2, -0.15) is 0 Å². The Morgan fingerprint density at radius 1 is 0.867 bits per heavy atom. The van der Waals surface area contributed by atoms with Crippen LogP contribution < -0.4 is 9.96 Å². The van der Waals surface area contributed by atoms with Gasteiger partial charge < -0.3 is 9.96 Å². The molecule has 0 saturated carbocycles. The van der Waals surface area contributed by atoms with Crippen LogP contribution in [-0.4, -0.2) is 29.6 Å². The molecule has 0 aromatic rings. The third-order valence-corrected chi connectivity index (χ3v) is 6.90. The lowest BCUT2D eigenvalue weighted by Crippen LogP contribution is -2.46. The second kappa shape index (κ2) is 6.42. The van der Waals surface area contributed by atoms with Gasteiger partial charge in [-0.1, -0.05) is 37.6 Å². The molecule has 0 spiro atoms. The number of hydrogen-bond donors (Lipinski definition) is 2. The van der Waals surface area contributed by atoms with E-state index in [-0.39, 0.29) is 0 Å². The first-order chi connectivity index (χ1) is 6.83. The summed E-state index contributed by atoms with van der Waals surface area (Å²) in [5.74, 6) is 0. The molecule has 0 aromatic carbocycles. The molecule has 88 valence electrons. The van der Waals surface area contributed by atoms with Gasteiger partial charge in [-0.05, 0) is 19.5 Å². The molecule has 15 heavy (non-hydrogen) atoms. The summed E-state index contributed by atoms with van der Waals surface area (Å²) in [6.45, 7) is 19.0. The lowest BCUT2D eigenvalue weighted by Gasteiger charge is -2.21. The van der Waals surface area contributed by atoms with E-state index in [1.54, 1.807) is 0 Å². The van der Waals surface area contributed by atoms with E-state index in [1.165, 1.54) is 6.42 Å². The molecular weight excluding hydrogens is 216 g/mol. The van der Waals surface area contributed by atoms with Crippen LogP contribution in [0, 0.1) is 0 Å². The predicted molar refractivity (Wildman–Crippen MR) is 76.0 cm³/mol. The molecule has 0 heterocycles. The zero-order valence-corrected chi connectivity index (χ0v) is 12.7. The van der Waals surface area contributed by atoms with Crippen molar-refractivity contribution in [2.24, 2.45) is 0 Å². The average molecular weight is 243 g/mol. The van der Waals surface area contributed by atoms with Crippen LogP contribution in [0.3, 0.4) is 0 Å². The molecule has 0 aliphatic carbocycles. The van der Waals surface area contributed by atoms with Gasteiger partial charge in [0.15, 0.2) is 0 Å². The highest BCUT2D eigenvalue weighted by Crippen LogP contribution is 1.98. The maximum absolute atomic E-state index is 3.86. The Morgan fingerprint density at radius 2 is 1.20 bits per heavy atom. The maximum Gasteiger partial charge on any atom is 0.143 e. The van der Waals surface area contributed by atoms with E-state index in [0.29, 0.717) is 0 Å². The van der Waals surface area contributed by atoms with E-state index in [9.17, 15) is 0 Å². The molecule has 0 bridgehead atoms. The summed E-state index contributed by atoms with van der Waals surface area (Å²) in [5.41, 5.74) is 4.17. The summed E-state index contributed by atoms with van der Waals surface area (Å²) in [4.78, 5) is 7.17. The van der Waals surface area contributed by atoms with Gasteiger partial charge in [0.1, 0.15) is 16.5 Å². The van der Waals surface area contributed by atoms with Crippen molar-refractivity contribution in [2.45, 2.75) is 32.6 Å². The Morgan fingerprint density at radius 3 is 1.47 bits per heavy atom. The van der Waals surface area contributed by atoms with E-state index in [4.69, 9.17) is 0 Å². The lowest BCUT2D eigenvalue weighted by molar-refractivity contribution is 0.746. The first-order valence-electron chi connectivity index (χ1n) is 5.60. The van der Waals surface area contributed by atoms with E-state index in [0.717, 1.165) is 13.1 Å². The van der Waals surface area contributed by atoms with Crippen molar-refractivity contribution in [2.75, 3.05) is 13.1 Å². The Hall–Kier alpha value is -0.166. The van der Waals surface area contributed by atoms with Crippen molar-refractivity contribution in [1.29, 1.82) is 0 Å². The van der Waals surface area contributed by atoms with E-state index < -0.39 is 16.5 Å². The fraction of sp³-hybridized carbons (Fsp3) is 0.636. The molecule has 0 aliphatic rings. The number of nitrogens with one attached hydrogen (secondary N) is 2. The monoisotopic (exact) mass is 242 g/mol. The van der Waals surface area contributed by atoms with Crippen LogP contribution in [0.15, 0.2) is 24.6 Å². The summed E-state index contributed by atoms with van der Waals surface area (Å²) in [6.07, 6.45) is 1.18. The highest BCUT2D eigenvalue weighted by atomic mass is 28.3. The van der Waals surface area contributed by atoms with Crippen molar-refractivity contribution >= 4 is 16.5 Å². The van der Waals surface area contributed by atoms with E-state index in [2.05, 4.69) is 60.7 Å². The van der Waals surface area contributed by atoms with Crippen molar-refractivity contribution in [3.8, 4) is 0 Å². The second-order valence-corrected chi connectivity index (χ2v) is 13.5. The van der Waals surface area contributed by atoms with Gasteiger partial charge in [-0.25, -0.2) is 0 Å². The molecule has 0 atom stereocenters. The summed E-state index contributed by atoms with van der Waals surface area (Å²) < 4.78 is 0. The Balaban J connectivity index is 3.56. The van der Waals surface area contributed by atoms with Gasteiger partial charge in [0.05, 0.1) is 0 Å². The first kappa shape index (κ1) is 14.8. The number of rotatable bonds is 8. The molecule has 0 aliphatic heterocycles. The third-order valence-electron chi connectivity index (χ3n) is 2.54. The van der Waals surface area contributed by atoms with Crippen molar-refractivity contribution in [3.63, 3.8) is 0 Å². The molecule has 0 saturated heterocycles. The minimum absolute atomic E-state index is 1.08. The van der Waals surface area contributed by atoms with Crippen LogP contribution in [0.2, 0.25) is 26.2 Å². The average Bonchev–Trinajstić information content (AvgIpc) is 2.17. The summed E-state index contributed by atoms with van der Waals surface area (Å²) in [7, 11) is -2.61. The topological polar surface area (TPSA) is 24.1 Å². The van der Waals surface area contributed by atoms with Crippen LogP contribution >= 0.6 is 0 Å². The summed E-state index contributed by atoms with van der Waals surface area (Å²) in [5, 5.41) is 0. The SMILES string of the molecule is C=C[Si](C)(C)NCCCN[Si](C)(C)C=C. The largest absolute Gasteiger partial charge is 0.334 e. The fourth-order valence-corrected chi connectivity index (χ4v) is 2.98. The fourth-order valence-electron chi connectivity index (χ4n) is 1.05. The molecule has 0 unspecified atom stereocenters. The highest BCUT2D eigenvalue weighted by Gasteiger charge is 2.16. The minimum Gasteiger partial charge on any atom is -0.334 e. The van der Waals surface area contributed by atoms with Gasteiger partial charge in [0.25, 0.3) is 0 Å². The third kappa shape index (κ3) is 7.73. The van der Waals surface area contributed by atoms with E-state index in [1.807, 2.05) is 0 Å². The van der Waals surface area contributed by atoms with E-state index >= 15 is 0 Å². The van der Waals surface area contributed by atoms with Crippen LogP contribution in [-0.2, 0) is 0 Å². The predicted octanol–water partition coefficient (Wildman–Crippen LogP) is 2.42. The minimum atomic E-state index is -1.30. The van der Waals surface area contributed by atoms with Crippen molar-refractivity contribution in [1.82, 2.24) is 9.96 Å². The molecule has 2 nitrogen and oxygen atoms in total. The zero-order valence-electron chi connectivity index (χ0n) is 10.7. The van der Waals surface area contributed by atoms with Crippen LogP contribution in [0.4, 0.5) is 0 Å². The van der Waals surface area contributed by atoms with Crippen LogP contribution in [0.5, 0.6) is 0 Å². The Bertz CT molecular complexity index is 191. The van der Waals surface area contributed by atoms with Crippen molar-refractivity contribution < 1.29 is 0 Å². The smallest absolute Gasteiger partial charge is 0.143 e. The van der Waals surface area contributed by atoms with Gasteiger partial charge in [0.2, 0.25) is 0 Å². The molecular formula is C11H26N2Si2. The van der Waals surface area contributed by atoms with Crippen LogP contribution in [0.1, 0.15) is 6.42 Å². The molecule has 0 fully saturated rings. The molecule has 0 radical (unpaired) electrons. The summed E-state index contributed by atoms with van der Waals surface area (Å²) >= 11 is 0. The standard InChI is InChI=1S/C11H26N2Si2/c1-7-14(3,4)12-10-9-11-13-15(5,6)8-2/h7-8,12-13H,1-2,9-11H2,3-6H3. The normalized spacial score (nSPS) is 12.5. The quantitative estimate of drug-likeness (QED) is 0.505. The first-order valence-corrected chi connectivity index (χ1v) is 11.8. The van der Waals surface area contributed by atoms with Gasteiger partial charge in [-0.15, -0.1) is 13.2 Å². The molecule has 4 heteroatoms. The Kier molecular flexibility index (Phi) is 6.35. The highest BCUT2D eigenvalue weighted by molar-refractivity contribution is 6.80. The molecule has 0 rings (SSSR count). The second-order valence-electron chi connectivity index (χ2n) is 5.06. The molecule has 2 N–H and O–H groups in total. The lowest BCUT2D eigenvalue weighted by atomic mass is 10.4. The van der Waals surface area contributed by atoms with Crippen LogP contribution in [0.25, 0.3) is 0 Å². The molecule has 0 aromatic heterocycles. The van der Waals surface area contributed by atoms with Gasteiger partial charge in [0, 0.05) is 0 Å². The number of hydrogen-bond acceptors (Lipinski definition) is 2. The maximum atomic E-state index is 3.86. The van der Waals surface area contributed by atoms with Crippen molar-refractivity contribution in [3.05, 3.63) is 24.6 Å². The Labute approximate surface area is 97.0 Å². The summed E-state index contributed by atoms with van der Waals surface area (Å²) in [6, 6.07) is 0. The van der Waals surface area contributed by atoms with Gasteiger partial charge in [-0.3, -0.25) is 0 Å². The van der Waals surface area contributed by atoms with Gasteiger partial charge >= 0.3 is 0 Å². The zero-order chi connectivity index (χ0) is 11.9.